The summed E-state index contributed by atoms with van der Waals surface area (Å²) in [5.74, 6) is 0.849. The van der Waals surface area contributed by atoms with Crippen LogP contribution in [0, 0.1) is 0 Å². The number of methoxy groups -OCH3 is 1. The monoisotopic (exact) mass is 325 g/mol. The molecule has 128 valence electrons. The van der Waals surface area contributed by atoms with Crippen LogP contribution in [0.25, 0.3) is 0 Å². The fourth-order valence-electron chi connectivity index (χ4n) is 2.65. The van der Waals surface area contributed by atoms with Gasteiger partial charge in [0.2, 0.25) is 5.91 Å². The molecule has 3 nitrogen and oxygen atoms in total. The van der Waals surface area contributed by atoms with E-state index in [2.05, 4.69) is 45.1 Å². The fourth-order valence-corrected chi connectivity index (χ4v) is 2.65. The lowest BCUT2D eigenvalue weighted by Crippen LogP contribution is -2.17. The third-order valence-corrected chi connectivity index (χ3v) is 4.20. The summed E-state index contributed by atoms with van der Waals surface area (Å²) in [6.45, 7) is 8.52. The van der Waals surface area contributed by atoms with Crippen molar-refractivity contribution in [3.05, 3.63) is 59.7 Å². The number of benzene rings is 2. The molecule has 0 aliphatic heterocycles. The lowest BCUT2D eigenvalue weighted by atomic mass is 9.86. The number of ether oxygens (including phenoxy) is 1. The van der Waals surface area contributed by atoms with E-state index in [4.69, 9.17) is 4.74 Å². The van der Waals surface area contributed by atoms with E-state index in [-0.39, 0.29) is 17.2 Å². The van der Waals surface area contributed by atoms with Gasteiger partial charge in [-0.3, -0.25) is 4.79 Å². The Kier molecular flexibility index (Phi) is 5.66. The number of carbonyl (C=O) groups excluding carboxylic acids is 1. The highest BCUT2D eigenvalue weighted by Gasteiger charge is 2.18. The van der Waals surface area contributed by atoms with Crippen molar-refractivity contribution >= 4 is 11.6 Å². The average Bonchev–Trinajstić information content (AvgIpc) is 2.54. The summed E-state index contributed by atoms with van der Waals surface area (Å²) in [5, 5.41) is 3.01. The van der Waals surface area contributed by atoms with E-state index in [1.165, 1.54) is 5.56 Å². The first-order valence-electron chi connectivity index (χ1n) is 8.34. The Morgan fingerprint density at radius 3 is 2.38 bits per heavy atom. The second kappa shape index (κ2) is 7.52. The number of hydrogen-bond acceptors (Lipinski definition) is 2. The molecule has 0 spiro atoms. The lowest BCUT2D eigenvalue weighted by molar-refractivity contribution is -0.116. The maximum Gasteiger partial charge on any atom is 0.225 e. The van der Waals surface area contributed by atoms with Crippen molar-refractivity contribution in [1.29, 1.82) is 0 Å². The molecule has 1 amide bonds. The van der Waals surface area contributed by atoms with Crippen molar-refractivity contribution < 1.29 is 9.53 Å². The molecule has 0 saturated heterocycles. The minimum atomic E-state index is -0.00397. The molecule has 2 aromatic rings. The maximum absolute atomic E-state index is 12.5. The highest BCUT2D eigenvalue weighted by molar-refractivity contribution is 5.92. The summed E-state index contributed by atoms with van der Waals surface area (Å²) < 4.78 is 5.39. The topological polar surface area (TPSA) is 38.3 Å². The Balaban J connectivity index is 2.13. The van der Waals surface area contributed by atoms with Gasteiger partial charge in [-0.15, -0.1) is 0 Å². The van der Waals surface area contributed by atoms with E-state index in [9.17, 15) is 4.79 Å². The third-order valence-electron chi connectivity index (χ3n) is 4.20. The van der Waals surface area contributed by atoms with Crippen LogP contribution in [-0.4, -0.2) is 13.0 Å². The van der Waals surface area contributed by atoms with Gasteiger partial charge in [-0.1, -0.05) is 64.1 Å². The van der Waals surface area contributed by atoms with Crippen LogP contribution in [-0.2, 0) is 10.2 Å². The van der Waals surface area contributed by atoms with Crippen molar-refractivity contribution in [3.63, 3.8) is 0 Å². The minimum absolute atomic E-state index is 0.00397. The SMILES string of the molecule is COc1ccc(C(C)(C)C)cc1NC(=O)C[C@@H](C)c1ccccc1. The molecule has 1 atom stereocenters. The summed E-state index contributed by atoms with van der Waals surface area (Å²) in [7, 11) is 1.62. The molecule has 1 N–H and O–H groups in total. The molecule has 0 aliphatic carbocycles. The van der Waals surface area contributed by atoms with Gasteiger partial charge in [-0.05, 0) is 34.6 Å². The molecule has 0 heterocycles. The number of anilines is 1. The molecule has 0 bridgehead atoms. The van der Waals surface area contributed by atoms with Crippen LogP contribution in [0.2, 0.25) is 0 Å². The molecular weight excluding hydrogens is 298 g/mol. The molecule has 0 radical (unpaired) electrons. The summed E-state index contributed by atoms with van der Waals surface area (Å²) in [4.78, 5) is 12.5. The van der Waals surface area contributed by atoms with Crippen LogP contribution in [0.4, 0.5) is 5.69 Å². The van der Waals surface area contributed by atoms with E-state index in [1.54, 1.807) is 7.11 Å². The summed E-state index contributed by atoms with van der Waals surface area (Å²) in [6.07, 6.45) is 0.437. The van der Waals surface area contributed by atoms with E-state index in [1.807, 2.05) is 36.4 Å². The van der Waals surface area contributed by atoms with E-state index >= 15 is 0 Å². The highest BCUT2D eigenvalue weighted by atomic mass is 16.5. The Morgan fingerprint density at radius 2 is 1.79 bits per heavy atom. The van der Waals surface area contributed by atoms with Crippen LogP contribution in [0.5, 0.6) is 5.75 Å². The summed E-state index contributed by atoms with van der Waals surface area (Å²) >= 11 is 0. The van der Waals surface area contributed by atoms with Gasteiger partial charge < -0.3 is 10.1 Å². The van der Waals surface area contributed by atoms with Gasteiger partial charge >= 0.3 is 0 Å². The smallest absolute Gasteiger partial charge is 0.225 e. The molecule has 0 aromatic heterocycles. The van der Waals surface area contributed by atoms with Crippen molar-refractivity contribution in [2.75, 3.05) is 12.4 Å². The van der Waals surface area contributed by atoms with Crippen molar-refractivity contribution in [3.8, 4) is 5.75 Å². The molecule has 24 heavy (non-hydrogen) atoms. The first-order chi connectivity index (χ1) is 11.3. The first-order valence-corrected chi connectivity index (χ1v) is 8.34. The predicted molar refractivity (Wildman–Crippen MR) is 99.8 cm³/mol. The average molecular weight is 325 g/mol. The largest absolute Gasteiger partial charge is 0.495 e. The molecule has 2 aromatic carbocycles. The van der Waals surface area contributed by atoms with Crippen LogP contribution in [0.3, 0.4) is 0 Å². The van der Waals surface area contributed by atoms with Gasteiger partial charge in [0.05, 0.1) is 12.8 Å². The fraction of sp³-hybridized carbons (Fsp3) is 0.381. The van der Waals surface area contributed by atoms with Gasteiger partial charge in [0.25, 0.3) is 0 Å². The zero-order valence-corrected chi connectivity index (χ0v) is 15.2. The normalized spacial score (nSPS) is 12.5. The first kappa shape index (κ1) is 18.1. The zero-order chi connectivity index (χ0) is 17.7. The van der Waals surface area contributed by atoms with Gasteiger partial charge in [0, 0.05) is 6.42 Å². The Bertz CT molecular complexity index is 687. The number of rotatable bonds is 5. The maximum atomic E-state index is 12.5. The van der Waals surface area contributed by atoms with Crippen molar-refractivity contribution in [2.24, 2.45) is 0 Å². The second-order valence-electron chi connectivity index (χ2n) is 7.23. The molecule has 3 heteroatoms. The van der Waals surface area contributed by atoms with E-state index in [0.717, 1.165) is 11.3 Å². The molecule has 0 unspecified atom stereocenters. The lowest BCUT2D eigenvalue weighted by Gasteiger charge is -2.21. The number of hydrogen-bond donors (Lipinski definition) is 1. The van der Waals surface area contributed by atoms with Gasteiger partial charge in [0.1, 0.15) is 5.75 Å². The van der Waals surface area contributed by atoms with Crippen LogP contribution < -0.4 is 10.1 Å². The van der Waals surface area contributed by atoms with Crippen molar-refractivity contribution in [1.82, 2.24) is 0 Å². The van der Waals surface area contributed by atoms with Gasteiger partial charge in [-0.25, -0.2) is 0 Å². The molecule has 0 saturated carbocycles. The minimum Gasteiger partial charge on any atom is -0.495 e. The van der Waals surface area contributed by atoms with E-state index < -0.39 is 0 Å². The molecular formula is C21H27NO2. The predicted octanol–water partition coefficient (Wildman–Crippen LogP) is 5.13. The van der Waals surface area contributed by atoms with Gasteiger partial charge in [-0.2, -0.15) is 0 Å². The third kappa shape index (κ3) is 4.60. The number of carbonyl (C=O) groups is 1. The summed E-state index contributed by atoms with van der Waals surface area (Å²) in [5.41, 5.74) is 3.08. The van der Waals surface area contributed by atoms with Crippen LogP contribution in [0.15, 0.2) is 48.5 Å². The van der Waals surface area contributed by atoms with E-state index in [0.29, 0.717) is 12.2 Å². The van der Waals surface area contributed by atoms with Crippen LogP contribution >= 0.6 is 0 Å². The Hall–Kier alpha value is -2.29. The Morgan fingerprint density at radius 1 is 1.12 bits per heavy atom. The zero-order valence-electron chi connectivity index (χ0n) is 15.2. The Labute approximate surface area is 145 Å². The number of amides is 1. The van der Waals surface area contributed by atoms with Crippen LogP contribution in [0.1, 0.15) is 51.2 Å². The van der Waals surface area contributed by atoms with Crippen molar-refractivity contribution in [2.45, 2.75) is 45.4 Å². The molecule has 2 rings (SSSR count). The highest BCUT2D eigenvalue weighted by Crippen LogP contribution is 2.32. The summed E-state index contributed by atoms with van der Waals surface area (Å²) in [6, 6.07) is 16.1. The van der Waals surface area contributed by atoms with Gasteiger partial charge in [0.15, 0.2) is 0 Å². The number of nitrogens with one attached hydrogen (secondary N) is 1. The standard InChI is InChI=1S/C21H27NO2/c1-15(16-9-7-6-8-10-16)13-20(23)22-18-14-17(21(2,3)4)11-12-19(18)24-5/h6-12,14-15H,13H2,1-5H3,(H,22,23)/t15-/m1/s1. The quantitative estimate of drug-likeness (QED) is 0.828. The molecule has 0 fully saturated rings. The molecule has 0 aliphatic rings. The second-order valence-corrected chi connectivity index (χ2v) is 7.23.